The highest BCUT2D eigenvalue weighted by Crippen LogP contribution is 2.29. The third-order valence-corrected chi connectivity index (χ3v) is 6.83. The molecule has 2 aromatic heterocycles. The van der Waals surface area contributed by atoms with E-state index in [1.165, 1.54) is 11.3 Å². The van der Waals surface area contributed by atoms with Crippen LogP contribution in [0.1, 0.15) is 46.7 Å². The number of aromatic nitrogens is 2. The van der Waals surface area contributed by atoms with Crippen molar-refractivity contribution in [3.8, 4) is 10.6 Å². The molecule has 1 aliphatic rings. The maximum absolute atomic E-state index is 13.2. The van der Waals surface area contributed by atoms with Gasteiger partial charge in [-0.15, -0.1) is 11.3 Å². The molecule has 3 heterocycles. The standard InChI is InChI=1S/C24H26N4O2S/c1-16(18-8-4-3-5-9-18)26-22(29)20-11-7-13-28(15-20)24(30)21-17(2)27-23(31-21)19-10-6-12-25-14-19/h3-6,8-10,12,14,16,20H,7,11,13,15H2,1-2H3,(H,26,29). The van der Waals surface area contributed by atoms with Gasteiger partial charge < -0.3 is 10.2 Å². The zero-order valence-electron chi connectivity index (χ0n) is 17.7. The molecule has 0 radical (unpaired) electrons. The van der Waals surface area contributed by atoms with Crippen LogP contribution >= 0.6 is 11.3 Å². The first-order chi connectivity index (χ1) is 15.0. The first-order valence-electron chi connectivity index (χ1n) is 10.6. The number of nitrogens with zero attached hydrogens (tertiary/aromatic N) is 3. The van der Waals surface area contributed by atoms with Crippen LogP contribution in [0.25, 0.3) is 10.6 Å². The Kier molecular flexibility index (Phi) is 6.42. The first-order valence-corrected chi connectivity index (χ1v) is 11.4. The van der Waals surface area contributed by atoms with Crippen LogP contribution in [-0.2, 0) is 4.79 Å². The summed E-state index contributed by atoms with van der Waals surface area (Å²) in [7, 11) is 0. The van der Waals surface area contributed by atoms with E-state index in [0.717, 1.165) is 34.7 Å². The van der Waals surface area contributed by atoms with Gasteiger partial charge in [0.25, 0.3) is 5.91 Å². The number of pyridine rings is 1. The van der Waals surface area contributed by atoms with E-state index in [0.29, 0.717) is 18.0 Å². The summed E-state index contributed by atoms with van der Waals surface area (Å²) in [4.78, 5) is 37.3. The zero-order chi connectivity index (χ0) is 21.8. The largest absolute Gasteiger partial charge is 0.349 e. The molecule has 31 heavy (non-hydrogen) atoms. The number of hydrogen-bond acceptors (Lipinski definition) is 5. The van der Waals surface area contributed by atoms with Crippen molar-refractivity contribution in [2.45, 2.75) is 32.7 Å². The molecule has 2 atom stereocenters. The third-order valence-electron chi connectivity index (χ3n) is 5.64. The Morgan fingerprint density at radius 2 is 2.00 bits per heavy atom. The van der Waals surface area contributed by atoms with E-state index in [2.05, 4.69) is 15.3 Å². The summed E-state index contributed by atoms with van der Waals surface area (Å²) in [6.07, 6.45) is 5.08. The van der Waals surface area contributed by atoms with Gasteiger partial charge >= 0.3 is 0 Å². The summed E-state index contributed by atoms with van der Waals surface area (Å²) in [5.41, 5.74) is 2.70. The number of amides is 2. The number of rotatable bonds is 5. The van der Waals surface area contributed by atoms with E-state index in [9.17, 15) is 9.59 Å². The quantitative estimate of drug-likeness (QED) is 0.652. The maximum Gasteiger partial charge on any atom is 0.265 e. The van der Waals surface area contributed by atoms with Gasteiger partial charge in [0, 0.05) is 31.0 Å². The fraction of sp³-hybridized carbons (Fsp3) is 0.333. The highest BCUT2D eigenvalue weighted by atomic mass is 32.1. The van der Waals surface area contributed by atoms with Crippen molar-refractivity contribution >= 4 is 23.2 Å². The molecule has 1 N–H and O–H groups in total. The van der Waals surface area contributed by atoms with Crippen LogP contribution < -0.4 is 5.32 Å². The first kappa shape index (κ1) is 21.2. The minimum Gasteiger partial charge on any atom is -0.349 e. The Labute approximate surface area is 186 Å². The molecule has 3 aromatic rings. The van der Waals surface area contributed by atoms with E-state index in [-0.39, 0.29) is 23.8 Å². The summed E-state index contributed by atoms with van der Waals surface area (Å²) in [5.74, 6) is -0.237. The Morgan fingerprint density at radius 3 is 2.74 bits per heavy atom. The van der Waals surface area contributed by atoms with E-state index in [4.69, 9.17) is 0 Å². The van der Waals surface area contributed by atoms with Crippen LogP contribution in [0.2, 0.25) is 0 Å². The highest BCUT2D eigenvalue weighted by molar-refractivity contribution is 7.17. The van der Waals surface area contributed by atoms with Gasteiger partial charge in [0.2, 0.25) is 5.91 Å². The minimum atomic E-state index is -0.199. The van der Waals surface area contributed by atoms with Crippen LogP contribution in [-0.4, -0.2) is 39.8 Å². The number of piperidine rings is 1. The normalized spacial score (nSPS) is 17.2. The van der Waals surface area contributed by atoms with Gasteiger partial charge in [0.15, 0.2) is 0 Å². The molecule has 0 aliphatic carbocycles. The van der Waals surface area contributed by atoms with E-state index in [1.807, 2.05) is 56.3 Å². The number of benzene rings is 1. The number of nitrogens with one attached hydrogen (secondary N) is 1. The SMILES string of the molecule is Cc1nc(-c2cccnc2)sc1C(=O)N1CCCC(C(=O)NC(C)c2ccccc2)C1. The molecule has 7 heteroatoms. The van der Waals surface area contributed by atoms with Crippen molar-refractivity contribution in [1.82, 2.24) is 20.2 Å². The Morgan fingerprint density at radius 1 is 1.19 bits per heavy atom. The number of carbonyl (C=O) groups excluding carboxylic acids is 2. The Hall–Kier alpha value is -3.06. The average molecular weight is 435 g/mol. The molecule has 4 rings (SSSR count). The van der Waals surface area contributed by atoms with Crippen molar-refractivity contribution < 1.29 is 9.59 Å². The fourth-order valence-electron chi connectivity index (χ4n) is 3.88. The maximum atomic E-state index is 13.2. The highest BCUT2D eigenvalue weighted by Gasteiger charge is 2.31. The predicted octanol–water partition coefficient (Wildman–Crippen LogP) is 4.24. The topological polar surface area (TPSA) is 75.2 Å². The second-order valence-electron chi connectivity index (χ2n) is 7.91. The van der Waals surface area contributed by atoms with Crippen LogP contribution in [0.15, 0.2) is 54.9 Å². The van der Waals surface area contributed by atoms with Crippen molar-refractivity contribution in [3.05, 3.63) is 71.0 Å². The number of hydrogen-bond donors (Lipinski definition) is 1. The van der Waals surface area contributed by atoms with Crippen molar-refractivity contribution in [2.75, 3.05) is 13.1 Å². The van der Waals surface area contributed by atoms with E-state index < -0.39 is 0 Å². The summed E-state index contributed by atoms with van der Waals surface area (Å²) in [5, 5.41) is 3.90. The average Bonchev–Trinajstić information content (AvgIpc) is 3.21. The van der Waals surface area contributed by atoms with Crippen molar-refractivity contribution in [3.63, 3.8) is 0 Å². The summed E-state index contributed by atoms with van der Waals surface area (Å²) < 4.78 is 0. The summed E-state index contributed by atoms with van der Waals surface area (Å²) in [6.45, 7) is 4.95. The van der Waals surface area contributed by atoms with Gasteiger partial charge in [0.05, 0.1) is 17.7 Å². The zero-order valence-corrected chi connectivity index (χ0v) is 18.6. The Balaban J connectivity index is 1.43. The molecule has 1 aliphatic heterocycles. The minimum absolute atomic E-state index is 0.00549. The summed E-state index contributed by atoms with van der Waals surface area (Å²) in [6, 6.07) is 13.6. The molecule has 1 aromatic carbocycles. The van der Waals surface area contributed by atoms with Gasteiger partial charge in [-0.2, -0.15) is 0 Å². The molecule has 1 fully saturated rings. The third kappa shape index (κ3) is 4.82. The van der Waals surface area contributed by atoms with Gasteiger partial charge in [0.1, 0.15) is 9.88 Å². The molecular weight excluding hydrogens is 408 g/mol. The Bertz CT molecular complexity index is 1050. The number of carbonyl (C=O) groups is 2. The van der Waals surface area contributed by atoms with Crippen LogP contribution in [0.5, 0.6) is 0 Å². The number of thiazole rings is 1. The fourth-order valence-corrected chi connectivity index (χ4v) is 4.91. The molecule has 1 saturated heterocycles. The molecule has 0 saturated carbocycles. The lowest BCUT2D eigenvalue weighted by Gasteiger charge is -2.32. The van der Waals surface area contributed by atoms with Crippen LogP contribution in [0.4, 0.5) is 0 Å². The van der Waals surface area contributed by atoms with Gasteiger partial charge in [-0.05, 0) is 44.4 Å². The predicted molar refractivity (Wildman–Crippen MR) is 122 cm³/mol. The lowest BCUT2D eigenvalue weighted by molar-refractivity contribution is -0.127. The molecule has 0 bridgehead atoms. The lowest BCUT2D eigenvalue weighted by atomic mass is 9.96. The molecule has 0 spiro atoms. The number of likely N-dealkylation sites (tertiary alicyclic amines) is 1. The second kappa shape index (κ2) is 9.39. The molecule has 160 valence electrons. The van der Waals surface area contributed by atoms with Crippen molar-refractivity contribution in [1.29, 1.82) is 0 Å². The number of aryl methyl sites for hydroxylation is 1. The van der Waals surface area contributed by atoms with Gasteiger partial charge in [-0.3, -0.25) is 14.6 Å². The lowest BCUT2D eigenvalue weighted by Crippen LogP contribution is -2.45. The van der Waals surface area contributed by atoms with E-state index in [1.54, 1.807) is 17.3 Å². The summed E-state index contributed by atoms with van der Waals surface area (Å²) >= 11 is 1.39. The molecule has 2 unspecified atom stereocenters. The van der Waals surface area contributed by atoms with Gasteiger partial charge in [-0.25, -0.2) is 4.98 Å². The molecule has 6 nitrogen and oxygen atoms in total. The van der Waals surface area contributed by atoms with Crippen LogP contribution in [0, 0.1) is 12.8 Å². The van der Waals surface area contributed by atoms with Crippen LogP contribution in [0.3, 0.4) is 0 Å². The molecule has 2 amide bonds. The monoisotopic (exact) mass is 434 g/mol. The van der Waals surface area contributed by atoms with E-state index >= 15 is 0 Å². The van der Waals surface area contributed by atoms with Gasteiger partial charge in [-0.1, -0.05) is 30.3 Å². The second-order valence-corrected chi connectivity index (χ2v) is 8.91. The van der Waals surface area contributed by atoms with Crippen molar-refractivity contribution in [2.24, 2.45) is 5.92 Å². The molecular formula is C24H26N4O2S. The smallest absolute Gasteiger partial charge is 0.265 e.